The van der Waals surface area contributed by atoms with Gasteiger partial charge >= 0.3 is 0 Å². The number of hydrogen-bond acceptors (Lipinski definition) is 1. The summed E-state index contributed by atoms with van der Waals surface area (Å²) in [5.74, 6) is 3.54. The first-order chi connectivity index (χ1) is 10.4. The van der Waals surface area contributed by atoms with Gasteiger partial charge in [0.25, 0.3) is 0 Å². The summed E-state index contributed by atoms with van der Waals surface area (Å²) in [5, 5.41) is 0. The number of thioether (sulfide) groups is 1. The van der Waals surface area contributed by atoms with Crippen LogP contribution in [0.2, 0.25) is 0 Å². The largest absolute Gasteiger partial charge is 0.160 e. The number of fused-ring (bicyclic) bond motifs is 2. The fraction of sp³-hybridized carbons (Fsp3) is 0.200. The maximum absolute atomic E-state index is 2.36. The van der Waals surface area contributed by atoms with Crippen LogP contribution < -0.4 is 0 Å². The molecule has 0 bridgehead atoms. The molecule has 0 nitrogen and oxygen atoms in total. The molecule has 0 spiro atoms. The second-order valence-corrected chi connectivity index (χ2v) is 6.80. The molecule has 0 aromatic heterocycles. The van der Waals surface area contributed by atoms with Gasteiger partial charge in [0.05, 0.1) is 0 Å². The molecule has 21 heavy (non-hydrogen) atoms. The lowest BCUT2D eigenvalue weighted by atomic mass is 10.0. The van der Waals surface area contributed by atoms with E-state index in [1.165, 1.54) is 33.8 Å². The second kappa shape index (κ2) is 5.57. The molecule has 4 rings (SSSR count). The lowest BCUT2D eigenvalue weighted by Gasteiger charge is -2.14. The third kappa shape index (κ3) is 2.47. The summed E-state index contributed by atoms with van der Waals surface area (Å²) in [7, 11) is 0. The zero-order chi connectivity index (χ0) is 14.1. The summed E-state index contributed by atoms with van der Waals surface area (Å²) in [4.78, 5) is 0. The van der Waals surface area contributed by atoms with Crippen molar-refractivity contribution in [2.24, 2.45) is 0 Å². The monoisotopic (exact) mass is 290 g/mol. The van der Waals surface area contributed by atoms with Crippen LogP contribution in [-0.4, -0.2) is 11.5 Å². The molecular weight excluding hydrogens is 272 g/mol. The summed E-state index contributed by atoms with van der Waals surface area (Å²) < 4.78 is 0. The zero-order valence-corrected chi connectivity index (χ0v) is 12.7. The molecule has 0 N–H and O–H groups in total. The van der Waals surface area contributed by atoms with Gasteiger partial charge in [-0.05, 0) is 22.3 Å². The maximum atomic E-state index is 2.36. The lowest BCUT2D eigenvalue weighted by molar-refractivity contribution is 0.979. The summed E-state index contributed by atoms with van der Waals surface area (Å²) in [5.41, 5.74) is 5.78. The molecule has 2 aromatic rings. The zero-order valence-electron chi connectivity index (χ0n) is 11.9. The molecule has 1 heteroatoms. The molecule has 2 atom stereocenters. The first-order valence-corrected chi connectivity index (χ1v) is 8.69. The average Bonchev–Trinajstić information content (AvgIpc) is 3.13. The molecule has 2 aliphatic rings. The fourth-order valence-corrected chi connectivity index (χ4v) is 4.49. The Morgan fingerprint density at radius 3 is 1.67 bits per heavy atom. The van der Waals surface area contributed by atoms with Crippen molar-refractivity contribution in [1.82, 2.24) is 0 Å². The summed E-state index contributed by atoms with van der Waals surface area (Å²) in [6.07, 6.45) is 9.25. The molecule has 0 saturated carbocycles. The topological polar surface area (TPSA) is 0 Å². The predicted molar refractivity (Wildman–Crippen MR) is 93.8 cm³/mol. The van der Waals surface area contributed by atoms with Gasteiger partial charge in [-0.1, -0.05) is 72.8 Å². The molecule has 2 aromatic carbocycles. The Hall–Kier alpha value is -1.73. The minimum absolute atomic E-state index is 0.590. The van der Waals surface area contributed by atoms with Gasteiger partial charge in [-0.2, -0.15) is 11.8 Å². The van der Waals surface area contributed by atoms with Crippen molar-refractivity contribution in [3.63, 3.8) is 0 Å². The molecule has 0 heterocycles. The van der Waals surface area contributed by atoms with E-state index in [4.69, 9.17) is 0 Å². The molecule has 2 unspecified atom stereocenters. The van der Waals surface area contributed by atoms with E-state index < -0.39 is 0 Å². The SMILES string of the molecule is C1=CC(CSCC2C=Cc3ccccc32)c2ccccc21. The van der Waals surface area contributed by atoms with Gasteiger partial charge in [-0.25, -0.2) is 0 Å². The highest BCUT2D eigenvalue weighted by atomic mass is 32.2. The van der Waals surface area contributed by atoms with Crippen LogP contribution in [0.5, 0.6) is 0 Å². The van der Waals surface area contributed by atoms with E-state index in [1.807, 2.05) is 0 Å². The van der Waals surface area contributed by atoms with Crippen LogP contribution in [0.3, 0.4) is 0 Å². The maximum Gasteiger partial charge on any atom is 0.0118 e. The van der Waals surface area contributed by atoms with Crippen molar-refractivity contribution < 1.29 is 0 Å². The second-order valence-electron chi connectivity index (χ2n) is 5.73. The third-order valence-corrected chi connectivity index (χ3v) is 5.59. The molecule has 2 aliphatic carbocycles. The van der Waals surface area contributed by atoms with Crippen LogP contribution in [0.1, 0.15) is 34.1 Å². The average molecular weight is 290 g/mol. The van der Waals surface area contributed by atoms with E-state index >= 15 is 0 Å². The Bertz CT molecular complexity index is 650. The summed E-state index contributed by atoms with van der Waals surface area (Å²) in [6.45, 7) is 0. The van der Waals surface area contributed by atoms with Crippen molar-refractivity contribution in [1.29, 1.82) is 0 Å². The van der Waals surface area contributed by atoms with E-state index in [1.54, 1.807) is 0 Å². The molecule has 0 saturated heterocycles. The number of rotatable bonds is 4. The lowest BCUT2D eigenvalue weighted by Crippen LogP contribution is -2.01. The van der Waals surface area contributed by atoms with Crippen LogP contribution in [-0.2, 0) is 0 Å². The van der Waals surface area contributed by atoms with Crippen LogP contribution in [0.25, 0.3) is 12.2 Å². The van der Waals surface area contributed by atoms with Crippen LogP contribution >= 0.6 is 11.8 Å². The highest BCUT2D eigenvalue weighted by Gasteiger charge is 2.19. The van der Waals surface area contributed by atoms with Crippen LogP contribution in [0, 0.1) is 0 Å². The highest BCUT2D eigenvalue weighted by molar-refractivity contribution is 7.99. The molecule has 0 fully saturated rings. The Labute approximate surface area is 130 Å². The van der Waals surface area contributed by atoms with Gasteiger partial charge < -0.3 is 0 Å². The summed E-state index contributed by atoms with van der Waals surface area (Å²) >= 11 is 2.07. The van der Waals surface area contributed by atoms with Gasteiger partial charge in [0, 0.05) is 23.3 Å². The van der Waals surface area contributed by atoms with Gasteiger partial charge in [0.1, 0.15) is 0 Å². The van der Waals surface area contributed by atoms with E-state index in [0.29, 0.717) is 11.8 Å². The highest BCUT2D eigenvalue weighted by Crippen LogP contribution is 2.36. The Morgan fingerprint density at radius 2 is 1.14 bits per heavy atom. The molecule has 104 valence electrons. The molecular formula is C20H18S. The van der Waals surface area contributed by atoms with Crippen molar-refractivity contribution in [3.05, 3.63) is 82.9 Å². The number of hydrogen-bond donors (Lipinski definition) is 0. The van der Waals surface area contributed by atoms with Gasteiger partial charge in [-0.3, -0.25) is 0 Å². The minimum atomic E-state index is 0.590. The third-order valence-electron chi connectivity index (χ3n) is 4.40. The first kappa shape index (κ1) is 13.0. The minimum Gasteiger partial charge on any atom is -0.160 e. The quantitative estimate of drug-likeness (QED) is 0.732. The smallest absolute Gasteiger partial charge is 0.0118 e. The van der Waals surface area contributed by atoms with Crippen molar-refractivity contribution in [2.75, 3.05) is 11.5 Å². The van der Waals surface area contributed by atoms with Gasteiger partial charge in [0.15, 0.2) is 0 Å². The number of allylic oxidation sites excluding steroid dienone is 2. The van der Waals surface area contributed by atoms with Gasteiger partial charge in [0.2, 0.25) is 0 Å². The summed E-state index contributed by atoms with van der Waals surface area (Å²) in [6, 6.07) is 17.5. The van der Waals surface area contributed by atoms with E-state index in [2.05, 4.69) is 84.6 Å². The Balaban J connectivity index is 1.38. The Morgan fingerprint density at radius 1 is 0.667 bits per heavy atom. The standard InChI is InChI=1S/C20H18S/c1-3-7-19-15(5-1)9-11-17(19)13-21-14-18-12-10-16-6-2-4-8-20(16)18/h1-12,17-18H,13-14H2. The molecule has 0 aliphatic heterocycles. The molecule has 0 amide bonds. The van der Waals surface area contributed by atoms with Gasteiger partial charge in [-0.15, -0.1) is 0 Å². The van der Waals surface area contributed by atoms with Crippen molar-refractivity contribution >= 4 is 23.9 Å². The normalized spacial score (nSPS) is 21.5. The molecule has 0 radical (unpaired) electrons. The van der Waals surface area contributed by atoms with E-state index in [-0.39, 0.29) is 0 Å². The fourth-order valence-electron chi connectivity index (χ4n) is 3.26. The van der Waals surface area contributed by atoms with E-state index in [9.17, 15) is 0 Å². The predicted octanol–water partition coefficient (Wildman–Crippen LogP) is 5.34. The van der Waals surface area contributed by atoms with Crippen molar-refractivity contribution in [2.45, 2.75) is 11.8 Å². The first-order valence-electron chi connectivity index (χ1n) is 7.54. The Kier molecular flexibility index (Phi) is 3.44. The number of benzene rings is 2. The van der Waals surface area contributed by atoms with Crippen LogP contribution in [0.4, 0.5) is 0 Å². The van der Waals surface area contributed by atoms with Crippen molar-refractivity contribution in [3.8, 4) is 0 Å². The van der Waals surface area contributed by atoms with E-state index in [0.717, 1.165) is 0 Å². The van der Waals surface area contributed by atoms with Crippen LogP contribution in [0.15, 0.2) is 60.7 Å².